The predicted octanol–water partition coefficient (Wildman–Crippen LogP) is 2.41. The van der Waals surface area contributed by atoms with Gasteiger partial charge in [0.15, 0.2) is 0 Å². The molecule has 0 radical (unpaired) electrons. The largest absolute Gasteiger partial charge is 0.330 e. The molecule has 2 heteroatoms. The zero-order chi connectivity index (χ0) is 9.94. The average Bonchev–Trinajstić information content (AvgIpc) is 2.14. The first-order valence-electron chi connectivity index (χ1n) is 5.77. The van der Waals surface area contributed by atoms with Crippen LogP contribution in [0.15, 0.2) is 0 Å². The van der Waals surface area contributed by atoms with Gasteiger partial charge in [-0.05, 0) is 25.8 Å². The lowest BCUT2D eigenvalue weighted by Gasteiger charge is -2.09. The second-order valence-electron chi connectivity index (χ2n) is 3.89. The summed E-state index contributed by atoms with van der Waals surface area (Å²) in [6, 6.07) is 0.394. The van der Waals surface area contributed by atoms with Crippen LogP contribution in [0.25, 0.3) is 0 Å². The molecular weight excluding hydrogens is 160 g/mol. The molecule has 4 N–H and O–H groups in total. The monoisotopic (exact) mass is 186 g/mol. The standard InChI is InChI=1S/C11H26N2/c1-2-3-4-5-6-8-11(13)9-7-10-12/h11H,2-10,12-13H2,1H3. The molecule has 13 heavy (non-hydrogen) atoms. The summed E-state index contributed by atoms with van der Waals surface area (Å²) in [6.07, 6.45) is 10.1. The van der Waals surface area contributed by atoms with E-state index in [1.165, 1.54) is 38.5 Å². The molecule has 0 rings (SSSR count). The van der Waals surface area contributed by atoms with Gasteiger partial charge in [0.25, 0.3) is 0 Å². The van der Waals surface area contributed by atoms with Crippen LogP contribution < -0.4 is 11.5 Å². The van der Waals surface area contributed by atoms with Gasteiger partial charge in [0.05, 0.1) is 0 Å². The zero-order valence-corrected chi connectivity index (χ0v) is 9.10. The molecule has 0 heterocycles. The van der Waals surface area contributed by atoms with Crippen molar-refractivity contribution < 1.29 is 0 Å². The zero-order valence-electron chi connectivity index (χ0n) is 9.10. The molecule has 80 valence electrons. The number of hydrogen-bond acceptors (Lipinski definition) is 2. The number of unbranched alkanes of at least 4 members (excludes halogenated alkanes) is 4. The fourth-order valence-corrected chi connectivity index (χ4v) is 1.53. The van der Waals surface area contributed by atoms with Crippen LogP contribution in [0.5, 0.6) is 0 Å². The van der Waals surface area contributed by atoms with E-state index >= 15 is 0 Å². The molecule has 1 atom stereocenters. The van der Waals surface area contributed by atoms with E-state index in [4.69, 9.17) is 11.5 Å². The van der Waals surface area contributed by atoms with Crippen molar-refractivity contribution in [3.8, 4) is 0 Å². The third kappa shape index (κ3) is 9.84. The molecule has 0 aliphatic carbocycles. The molecule has 0 spiro atoms. The van der Waals surface area contributed by atoms with Crippen molar-refractivity contribution in [2.45, 2.75) is 64.3 Å². The highest BCUT2D eigenvalue weighted by Gasteiger charge is 2.00. The Labute approximate surface area is 83.1 Å². The summed E-state index contributed by atoms with van der Waals surface area (Å²) in [5.41, 5.74) is 11.3. The van der Waals surface area contributed by atoms with E-state index in [1.807, 2.05) is 0 Å². The van der Waals surface area contributed by atoms with Crippen LogP contribution >= 0.6 is 0 Å². The van der Waals surface area contributed by atoms with Gasteiger partial charge in [0.2, 0.25) is 0 Å². The third-order valence-electron chi connectivity index (χ3n) is 2.46. The van der Waals surface area contributed by atoms with Crippen molar-refractivity contribution in [1.82, 2.24) is 0 Å². The van der Waals surface area contributed by atoms with Crippen LogP contribution in [0.3, 0.4) is 0 Å². The number of nitrogens with two attached hydrogens (primary N) is 2. The van der Waals surface area contributed by atoms with Gasteiger partial charge in [-0.2, -0.15) is 0 Å². The quantitative estimate of drug-likeness (QED) is 0.543. The molecule has 2 nitrogen and oxygen atoms in total. The number of hydrogen-bond donors (Lipinski definition) is 2. The Morgan fingerprint density at radius 3 is 2.15 bits per heavy atom. The van der Waals surface area contributed by atoms with Crippen molar-refractivity contribution in [1.29, 1.82) is 0 Å². The molecule has 0 aromatic carbocycles. The molecule has 0 saturated carbocycles. The van der Waals surface area contributed by atoms with Gasteiger partial charge >= 0.3 is 0 Å². The van der Waals surface area contributed by atoms with Crippen molar-refractivity contribution in [3.05, 3.63) is 0 Å². The Morgan fingerprint density at radius 1 is 0.923 bits per heavy atom. The highest BCUT2D eigenvalue weighted by molar-refractivity contribution is 4.61. The lowest BCUT2D eigenvalue weighted by atomic mass is 10.0. The maximum Gasteiger partial charge on any atom is 0.00392 e. The molecule has 0 bridgehead atoms. The summed E-state index contributed by atoms with van der Waals surface area (Å²) in [6.45, 7) is 3.02. The van der Waals surface area contributed by atoms with Crippen molar-refractivity contribution >= 4 is 0 Å². The Morgan fingerprint density at radius 2 is 1.54 bits per heavy atom. The van der Waals surface area contributed by atoms with E-state index in [9.17, 15) is 0 Å². The topological polar surface area (TPSA) is 52.0 Å². The summed E-state index contributed by atoms with van der Waals surface area (Å²) in [5.74, 6) is 0. The lowest BCUT2D eigenvalue weighted by Crippen LogP contribution is -2.20. The molecule has 0 aromatic rings. The maximum atomic E-state index is 5.92. The average molecular weight is 186 g/mol. The van der Waals surface area contributed by atoms with E-state index in [0.29, 0.717) is 6.04 Å². The molecule has 0 aromatic heterocycles. The molecule has 0 saturated heterocycles. The van der Waals surface area contributed by atoms with Gasteiger partial charge < -0.3 is 11.5 Å². The minimum atomic E-state index is 0.394. The first kappa shape index (κ1) is 12.9. The molecule has 0 aliphatic heterocycles. The maximum absolute atomic E-state index is 5.92. The lowest BCUT2D eigenvalue weighted by molar-refractivity contribution is 0.506. The minimum Gasteiger partial charge on any atom is -0.330 e. The number of rotatable bonds is 9. The first-order valence-corrected chi connectivity index (χ1v) is 5.77. The van der Waals surface area contributed by atoms with Gasteiger partial charge in [-0.1, -0.05) is 39.0 Å². The molecule has 0 amide bonds. The fraction of sp³-hybridized carbons (Fsp3) is 1.00. The van der Waals surface area contributed by atoms with Gasteiger partial charge in [-0.25, -0.2) is 0 Å². The summed E-state index contributed by atoms with van der Waals surface area (Å²) < 4.78 is 0. The van der Waals surface area contributed by atoms with Crippen LogP contribution in [-0.2, 0) is 0 Å². The van der Waals surface area contributed by atoms with Gasteiger partial charge in [-0.15, -0.1) is 0 Å². The molecule has 0 fully saturated rings. The van der Waals surface area contributed by atoms with Gasteiger partial charge in [0, 0.05) is 6.04 Å². The second-order valence-corrected chi connectivity index (χ2v) is 3.89. The molecule has 0 aliphatic rings. The third-order valence-corrected chi connectivity index (χ3v) is 2.46. The molecular formula is C11H26N2. The van der Waals surface area contributed by atoms with Gasteiger partial charge in [0.1, 0.15) is 0 Å². The Hall–Kier alpha value is -0.0800. The highest BCUT2D eigenvalue weighted by Crippen LogP contribution is 2.08. The normalized spacial score (nSPS) is 13.2. The Bertz CT molecular complexity index is 94.1. The minimum absolute atomic E-state index is 0.394. The SMILES string of the molecule is CCCCCCCC(N)CCCN. The van der Waals surface area contributed by atoms with Crippen LogP contribution in [0.2, 0.25) is 0 Å². The van der Waals surface area contributed by atoms with Crippen molar-refractivity contribution in [2.24, 2.45) is 11.5 Å². The highest BCUT2D eigenvalue weighted by atomic mass is 14.6. The molecule has 1 unspecified atom stereocenters. The summed E-state index contributed by atoms with van der Waals surface area (Å²) in [7, 11) is 0. The van der Waals surface area contributed by atoms with E-state index < -0.39 is 0 Å². The van der Waals surface area contributed by atoms with Crippen LogP contribution in [0, 0.1) is 0 Å². The van der Waals surface area contributed by atoms with Crippen molar-refractivity contribution in [3.63, 3.8) is 0 Å². The van der Waals surface area contributed by atoms with E-state index in [2.05, 4.69) is 6.92 Å². The predicted molar refractivity (Wildman–Crippen MR) is 59.6 cm³/mol. The van der Waals surface area contributed by atoms with Crippen LogP contribution in [0.4, 0.5) is 0 Å². The van der Waals surface area contributed by atoms with Crippen molar-refractivity contribution in [2.75, 3.05) is 6.54 Å². The first-order chi connectivity index (χ1) is 6.31. The smallest absolute Gasteiger partial charge is 0.00392 e. The van der Waals surface area contributed by atoms with Crippen LogP contribution in [-0.4, -0.2) is 12.6 Å². The Kier molecular flexibility index (Phi) is 9.94. The van der Waals surface area contributed by atoms with E-state index in [1.54, 1.807) is 0 Å². The van der Waals surface area contributed by atoms with E-state index in [-0.39, 0.29) is 0 Å². The van der Waals surface area contributed by atoms with Crippen LogP contribution in [0.1, 0.15) is 58.3 Å². The second kappa shape index (κ2) is 10.0. The Balaban J connectivity index is 3.03. The summed E-state index contributed by atoms with van der Waals surface area (Å²) >= 11 is 0. The summed E-state index contributed by atoms with van der Waals surface area (Å²) in [4.78, 5) is 0. The van der Waals surface area contributed by atoms with E-state index in [0.717, 1.165) is 19.4 Å². The van der Waals surface area contributed by atoms with Gasteiger partial charge in [-0.3, -0.25) is 0 Å². The summed E-state index contributed by atoms with van der Waals surface area (Å²) in [5, 5.41) is 0. The fourth-order valence-electron chi connectivity index (χ4n) is 1.53.